The number of benzene rings is 9. The molecule has 9 aromatic carbocycles. The summed E-state index contributed by atoms with van der Waals surface area (Å²) in [5.41, 5.74) is 9.10. The van der Waals surface area contributed by atoms with Crippen molar-refractivity contribution < 1.29 is 8.83 Å². The fourth-order valence-electron chi connectivity index (χ4n) is 10.1. The van der Waals surface area contributed by atoms with Gasteiger partial charge < -0.3 is 18.7 Å². The average molecular weight is 786 g/mol. The van der Waals surface area contributed by atoms with Crippen LogP contribution < -0.4 is 5.32 Å². The molecule has 60 heavy (non-hydrogen) atoms. The van der Waals surface area contributed by atoms with Gasteiger partial charge in [-0.2, -0.15) is 4.99 Å². The van der Waals surface area contributed by atoms with Crippen LogP contribution in [0.5, 0.6) is 0 Å². The van der Waals surface area contributed by atoms with Gasteiger partial charge in [0.25, 0.3) is 0 Å². The van der Waals surface area contributed by atoms with E-state index >= 15 is 0 Å². The number of hydrogen-bond donors (Lipinski definition) is 1. The Morgan fingerprint density at radius 1 is 0.500 bits per heavy atom. The molecule has 6 heteroatoms. The zero-order valence-corrected chi connectivity index (χ0v) is 32.8. The number of nitrogens with zero attached hydrogens (tertiary/aromatic N) is 2. The standard InChI is InChI=1S/C54H31N3O2S/c1-2-13-33-30(12-1)26-29-40-45-35-15-3-4-16-36(35)46-39-18-7-10-23-44(39)60-52(46)50(45)57(49(33)40)32-27-24-31(25-28-32)53-55-48(47-38-17-6-9-22-43(38)59-54(47)56-53)41-20-11-19-37-34-14-5-8-21-42(34)58-51(37)41/h1-29,48H,(H,55,56). The van der Waals surface area contributed by atoms with Crippen molar-refractivity contribution in [3.63, 3.8) is 0 Å². The van der Waals surface area contributed by atoms with Crippen LogP contribution in [0.3, 0.4) is 0 Å². The minimum absolute atomic E-state index is 0.265. The number of amidine groups is 1. The third kappa shape index (κ3) is 4.32. The lowest BCUT2D eigenvalue weighted by molar-refractivity contribution is 0.601. The molecule has 0 aliphatic carbocycles. The molecule has 1 aliphatic rings. The van der Waals surface area contributed by atoms with Gasteiger partial charge in [-0.15, -0.1) is 11.3 Å². The van der Waals surface area contributed by atoms with Gasteiger partial charge >= 0.3 is 0 Å². The first kappa shape index (κ1) is 32.3. The first-order chi connectivity index (χ1) is 29.8. The number of thiophene rings is 1. The Labute approximate surface area is 346 Å². The Balaban J connectivity index is 1.00. The van der Waals surface area contributed by atoms with Crippen molar-refractivity contribution >= 4 is 119 Å². The fourth-order valence-corrected chi connectivity index (χ4v) is 11.4. The molecule has 0 radical (unpaired) electrons. The number of aromatic nitrogens is 1. The van der Waals surface area contributed by atoms with Crippen LogP contribution in [-0.2, 0) is 0 Å². The molecule has 0 saturated carbocycles. The van der Waals surface area contributed by atoms with E-state index in [0.29, 0.717) is 5.88 Å². The van der Waals surface area contributed by atoms with Crippen LogP contribution in [0.25, 0.3) is 102 Å². The number of fused-ring (bicyclic) bond motifs is 18. The van der Waals surface area contributed by atoms with Crippen molar-refractivity contribution in [2.75, 3.05) is 0 Å². The molecular formula is C54H31N3O2S. The second-order valence-electron chi connectivity index (χ2n) is 15.8. The summed E-state index contributed by atoms with van der Waals surface area (Å²) in [6.07, 6.45) is 0. The Bertz CT molecular complexity index is 3990. The van der Waals surface area contributed by atoms with Crippen molar-refractivity contribution in [3.8, 4) is 5.69 Å². The molecule has 1 unspecified atom stereocenters. The van der Waals surface area contributed by atoms with Gasteiger partial charge in [0.05, 0.1) is 27.3 Å². The van der Waals surface area contributed by atoms with Crippen LogP contribution in [-0.4, -0.2) is 10.4 Å². The first-order valence-electron chi connectivity index (χ1n) is 20.3. The number of nitrogens with one attached hydrogen (secondary N) is 1. The van der Waals surface area contributed by atoms with Crippen molar-refractivity contribution in [1.82, 2.24) is 9.88 Å². The SMILES string of the molecule is c1ccc2c(c1)ccc1c3c4ccccc4c4c5ccccc5sc4c3n(-c3ccc(C4=Nc5oc6ccccc6c5C(c5cccc6c5oc5ccccc56)N4)cc3)c21. The van der Waals surface area contributed by atoms with Crippen molar-refractivity contribution in [3.05, 3.63) is 193 Å². The minimum Gasteiger partial charge on any atom is -0.456 e. The molecule has 0 saturated heterocycles. The van der Waals surface area contributed by atoms with Gasteiger partial charge in [-0.05, 0) is 58.6 Å². The Kier molecular flexibility index (Phi) is 6.43. The summed E-state index contributed by atoms with van der Waals surface area (Å²) in [5.74, 6) is 1.36. The molecule has 14 rings (SSSR count). The molecule has 0 spiro atoms. The largest absolute Gasteiger partial charge is 0.456 e. The van der Waals surface area contributed by atoms with E-state index in [2.05, 4.69) is 162 Å². The minimum atomic E-state index is -0.265. The van der Waals surface area contributed by atoms with Crippen LogP contribution >= 0.6 is 11.3 Å². The van der Waals surface area contributed by atoms with E-state index in [-0.39, 0.29) is 6.04 Å². The van der Waals surface area contributed by atoms with E-state index in [1.54, 1.807) is 0 Å². The smallest absolute Gasteiger partial charge is 0.227 e. The maximum atomic E-state index is 6.60. The van der Waals surface area contributed by atoms with E-state index in [1.165, 1.54) is 63.5 Å². The lowest BCUT2D eigenvalue weighted by Gasteiger charge is -2.25. The van der Waals surface area contributed by atoms with Crippen molar-refractivity contribution in [2.45, 2.75) is 6.04 Å². The van der Waals surface area contributed by atoms with Gasteiger partial charge in [0.15, 0.2) is 0 Å². The maximum absolute atomic E-state index is 6.60. The van der Waals surface area contributed by atoms with E-state index in [4.69, 9.17) is 13.8 Å². The van der Waals surface area contributed by atoms with Gasteiger partial charge in [0.2, 0.25) is 5.88 Å². The number of aliphatic imine (C=N–C) groups is 1. The molecule has 5 nitrogen and oxygen atoms in total. The second-order valence-corrected chi connectivity index (χ2v) is 16.9. The molecule has 13 aromatic rings. The lowest BCUT2D eigenvalue weighted by atomic mass is 9.94. The fraction of sp³-hybridized carbons (Fsp3) is 0.0185. The summed E-state index contributed by atoms with van der Waals surface area (Å²) in [5, 5.41) is 17.3. The van der Waals surface area contributed by atoms with E-state index in [1.807, 2.05) is 35.6 Å². The van der Waals surface area contributed by atoms with Crippen molar-refractivity contribution in [1.29, 1.82) is 0 Å². The molecule has 1 atom stereocenters. The second kappa shape index (κ2) is 11.9. The zero-order valence-electron chi connectivity index (χ0n) is 31.9. The van der Waals surface area contributed by atoms with Crippen LogP contribution in [0.1, 0.15) is 22.7 Å². The summed E-state index contributed by atoms with van der Waals surface area (Å²) >= 11 is 1.89. The Morgan fingerprint density at radius 2 is 1.17 bits per heavy atom. The van der Waals surface area contributed by atoms with E-state index < -0.39 is 0 Å². The maximum Gasteiger partial charge on any atom is 0.227 e. The van der Waals surface area contributed by atoms with Crippen LogP contribution in [0, 0.1) is 0 Å². The van der Waals surface area contributed by atoms with Gasteiger partial charge in [0.1, 0.15) is 22.6 Å². The summed E-state index contributed by atoms with van der Waals surface area (Å²) in [4.78, 5) is 5.19. The zero-order chi connectivity index (χ0) is 39.1. The quantitative estimate of drug-likeness (QED) is 0.194. The predicted molar refractivity (Wildman–Crippen MR) is 250 cm³/mol. The van der Waals surface area contributed by atoms with Crippen molar-refractivity contribution in [2.24, 2.45) is 4.99 Å². The first-order valence-corrected chi connectivity index (χ1v) is 21.1. The highest BCUT2D eigenvalue weighted by atomic mass is 32.1. The monoisotopic (exact) mass is 785 g/mol. The molecule has 5 heterocycles. The normalized spacial score (nSPS) is 14.4. The summed E-state index contributed by atoms with van der Waals surface area (Å²) in [6, 6.07) is 62.6. The molecular weight excluding hydrogens is 755 g/mol. The molecule has 0 fully saturated rings. The van der Waals surface area contributed by atoms with Crippen LogP contribution in [0.4, 0.5) is 5.88 Å². The summed E-state index contributed by atoms with van der Waals surface area (Å²) in [7, 11) is 0. The van der Waals surface area contributed by atoms with E-state index in [9.17, 15) is 0 Å². The topological polar surface area (TPSA) is 55.6 Å². The van der Waals surface area contributed by atoms with Gasteiger partial charge in [-0.25, -0.2) is 0 Å². The average Bonchev–Trinajstić information content (AvgIpc) is 4.08. The highest BCUT2D eigenvalue weighted by molar-refractivity contribution is 7.27. The number of hydrogen-bond acceptors (Lipinski definition) is 5. The van der Waals surface area contributed by atoms with Gasteiger partial charge in [-0.3, -0.25) is 0 Å². The number of furan rings is 2. The van der Waals surface area contributed by atoms with E-state index in [0.717, 1.165) is 61.1 Å². The third-order valence-corrected chi connectivity index (χ3v) is 13.8. The number of para-hydroxylation sites is 3. The number of rotatable bonds is 3. The Hall–Kier alpha value is -7.67. The van der Waals surface area contributed by atoms with Crippen LogP contribution in [0.15, 0.2) is 190 Å². The highest BCUT2D eigenvalue weighted by Gasteiger charge is 2.32. The van der Waals surface area contributed by atoms with Gasteiger partial charge in [-0.1, -0.05) is 133 Å². The molecule has 1 aliphatic heterocycles. The molecule has 280 valence electrons. The molecule has 0 bridgehead atoms. The highest BCUT2D eigenvalue weighted by Crippen LogP contribution is 2.49. The third-order valence-electron chi connectivity index (χ3n) is 12.7. The summed E-state index contributed by atoms with van der Waals surface area (Å²) in [6.45, 7) is 0. The lowest BCUT2D eigenvalue weighted by Crippen LogP contribution is -2.32. The van der Waals surface area contributed by atoms with Crippen LogP contribution in [0.2, 0.25) is 0 Å². The molecule has 1 N–H and O–H groups in total. The predicted octanol–water partition coefficient (Wildman–Crippen LogP) is 14.9. The molecule has 4 aromatic heterocycles. The summed E-state index contributed by atoms with van der Waals surface area (Å²) < 4.78 is 18.2. The van der Waals surface area contributed by atoms with Gasteiger partial charge in [0, 0.05) is 64.6 Å². The Morgan fingerprint density at radius 3 is 2.00 bits per heavy atom. The molecule has 0 amide bonds.